The molecule has 4 nitrogen and oxygen atoms in total. The smallest absolute Gasteiger partial charge is 0.316 e. The molecule has 1 aliphatic rings. The van der Waals surface area contributed by atoms with Gasteiger partial charge in [-0.25, -0.2) is 4.79 Å². The van der Waals surface area contributed by atoms with Crippen LogP contribution < -0.4 is 16.0 Å². The standard InChI is InChI=1S/C17H18ClN3O/c18-14-2-1-3-16(10-14)21-17(22)20-15-6-4-12(5-7-15)13-8-9-19-11-13/h1-7,10,13,19H,8-9,11H2,(H2,20,21,22)/t13-/m0/s1. The average molecular weight is 316 g/mol. The molecule has 2 aromatic rings. The monoisotopic (exact) mass is 315 g/mol. The van der Waals surface area contributed by atoms with Gasteiger partial charge in [-0.05, 0) is 54.8 Å². The maximum Gasteiger partial charge on any atom is 0.323 e. The quantitative estimate of drug-likeness (QED) is 0.800. The molecule has 0 aromatic heterocycles. The van der Waals surface area contributed by atoms with Crippen molar-refractivity contribution < 1.29 is 4.79 Å². The van der Waals surface area contributed by atoms with Gasteiger partial charge in [0.1, 0.15) is 0 Å². The van der Waals surface area contributed by atoms with Crippen molar-refractivity contribution in [1.82, 2.24) is 5.32 Å². The van der Waals surface area contributed by atoms with Crippen molar-refractivity contribution in [3.05, 3.63) is 59.1 Å². The molecule has 1 atom stereocenters. The van der Waals surface area contributed by atoms with Crippen LogP contribution in [0.2, 0.25) is 5.02 Å². The summed E-state index contributed by atoms with van der Waals surface area (Å²) in [6.45, 7) is 2.11. The molecule has 22 heavy (non-hydrogen) atoms. The molecular formula is C17H18ClN3O. The van der Waals surface area contributed by atoms with Crippen molar-refractivity contribution in [2.45, 2.75) is 12.3 Å². The summed E-state index contributed by atoms with van der Waals surface area (Å²) in [5, 5.41) is 9.52. The Morgan fingerprint density at radius 3 is 2.55 bits per heavy atom. The minimum atomic E-state index is -0.280. The number of carbonyl (C=O) groups excluding carboxylic acids is 1. The molecule has 2 aromatic carbocycles. The number of rotatable bonds is 3. The fourth-order valence-corrected chi connectivity index (χ4v) is 2.83. The van der Waals surface area contributed by atoms with E-state index >= 15 is 0 Å². The summed E-state index contributed by atoms with van der Waals surface area (Å²) in [6.07, 6.45) is 1.17. The molecule has 0 saturated carbocycles. The summed E-state index contributed by atoms with van der Waals surface area (Å²) in [5.41, 5.74) is 2.75. The van der Waals surface area contributed by atoms with E-state index in [1.807, 2.05) is 12.1 Å². The maximum absolute atomic E-state index is 12.0. The van der Waals surface area contributed by atoms with Gasteiger partial charge < -0.3 is 16.0 Å². The molecule has 0 aliphatic carbocycles. The number of halogens is 1. The Morgan fingerprint density at radius 2 is 1.86 bits per heavy atom. The molecule has 3 N–H and O–H groups in total. The number of nitrogens with one attached hydrogen (secondary N) is 3. The Kier molecular flexibility index (Phi) is 4.61. The molecule has 5 heteroatoms. The average Bonchev–Trinajstić information content (AvgIpc) is 3.02. The largest absolute Gasteiger partial charge is 0.323 e. The van der Waals surface area contributed by atoms with Gasteiger partial charge in [0.05, 0.1) is 0 Å². The van der Waals surface area contributed by atoms with Crippen molar-refractivity contribution in [3.8, 4) is 0 Å². The Hall–Kier alpha value is -2.04. The predicted octanol–water partition coefficient (Wildman–Crippen LogP) is 4.06. The molecule has 0 bridgehead atoms. The zero-order valence-corrected chi connectivity index (χ0v) is 12.9. The normalized spacial score (nSPS) is 17.2. The maximum atomic E-state index is 12.0. The Bertz CT molecular complexity index is 651. The van der Waals surface area contributed by atoms with Crippen molar-refractivity contribution in [2.24, 2.45) is 0 Å². The lowest BCUT2D eigenvalue weighted by molar-refractivity contribution is 0.262. The van der Waals surface area contributed by atoms with E-state index in [9.17, 15) is 4.79 Å². The van der Waals surface area contributed by atoms with Gasteiger partial charge in [0, 0.05) is 22.9 Å². The van der Waals surface area contributed by atoms with E-state index in [1.165, 1.54) is 12.0 Å². The summed E-state index contributed by atoms with van der Waals surface area (Å²) < 4.78 is 0. The van der Waals surface area contributed by atoms with Crippen LogP contribution >= 0.6 is 11.6 Å². The topological polar surface area (TPSA) is 53.2 Å². The van der Waals surface area contributed by atoms with E-state index in [4.69, 9.17) is 11.6 Å². The van der Waals surface area contributed by atoms with Crippen molar-refractivity contribution in [2.75, 3.05) is 23.7 Å². The third kappa shape index (κ3) is 3.78. The summed E-state index contributed by atoms with van der Waals surface area (Å²) in [5.74, 6) is 0.578. The second-order valence-corrected chi connectivity index (χ2v) is 5.84. The Balaban J connectivity index is 1.59. The molecule has 3 rings (SSSR count). The van der Waals surface area contributed by atoms with Gasteiger partial charge in [0.2, 0.25) is 0 Å². The number of amides is 2. The molecule has 1 heterocycles. The highest BCUT2D eigenvalue weighted by atomic mass is 35.5. The molecular weight excluding hydrogens is 298 g/mol. The highest BCUT2D eigenvalue weighted by Gasteiger charge is 2.16. The van der Waals surface area contributed by atoms with Gasteiger partial charge in [-0.15, -0.1) is 0 Å². The third-order valence-corrected chi connectivity index (χ3v) is 4.02. The van der Waals surface area contributed by atoms with Crippen LogP contribution in [0.5, 0.6) is 0 Å². The van der Waals surface area contributed by atoms with Crippen LogP contribution in [0.1, 0.15) is 17.9 Å². The second kappa shape index (κ2) is 6.81. The van der Waals surface area contributed by atoms with Crippen LogP contribution in [0, 0.1) is 0 Å². The highest BCUT2D eigenvalue weighted by Crippen LogP contribution is 2.23. The van der Waals surface area contributed by atoms with Gasteiger partial charge in [0.15, 0.2) is 0 Å². The molecule has 1 saturated heterocycles. The number of urea groups is 1. The number of carbonyl (C=O) groups is 1. The zero-order valence-electron chi connectivity index (χ0n) is 12.1. The van der Waals surface area contributed by atoms with E-state index < -0.39 is 0 Å². The first kappa shape index (κ1) is 14.9. The molecule has 1 aliphatic heterocycles. The van der Waals surface area contributed by atoms with Gasteiger partial charge in [-0.2, -0.15) is 0 Å². The van der Waals surface area contributed by atoms with E-state index in [0.717, 1.165) is 18.8 Å². The second-order valence-electron chi connectivity index (χ2n) is 5.40. The lowest BCUT2D eigenvalue weighted by atomic mass is 9.98. The molecule has 1 fully saturated rings. The first-order chi connectivity index (χ1) is 10.7. The van der Waals surface area contributed by atoms with Crippen LogP contribution in [0.15, 0.2) is 48.5 Å². The third-order valence-electron chi connectivity index (χ3n) is 3.78. The molecule has 0 spiro atoms. The van der Waals surface area contributed by atoms with Gasteiger partial charge in [-0.1, -0.05) is 29.8 Å². The van der Waals surface area contributed by atoms with E-state index in [1.54, 1.807) is 24.3 Å². The minimum Gasteiger partial charge on any atom is -0.316 e. The SMILES string of the molecule is O=C(Nc1ccc([C@H]2CCNC2)cc1)Nc1cccc(Cl)c1. The van der Waals surface area contributed by atoms with Gasteiger partial charge >= 0.3 is 6.03 Å². The Morgan fingerprint density at radius 1 is 1.09 bits per heavy atom. The van der Waals surface area contributed by atoms with Crippen molar-refractivity contribution in [3.63, 3.8) is 0 Å². The Labute approximate surface area is 134 Å². The highest BCUT2D eigenvalue weighted by molar-refractivity contribution is 6.30. The summed E-state index contributed by atoms with van der Waals surface area (Å²) >= 11 is 5.89. The minimum absolute atomic E-state index is 0.280. The van der Waals surface area contributed by atoms with Crippen LogP contribution in [-0.4, -0.2) is 19.1 Å². The summed E-state index contributed by atoms with van der Waals surface area (Å²) in [6, 6.07) is 14.8. The van der Waals surface area contributed by atoms with Crippen LogP contribution in [0.4, 0.5) is 16.2 Å². The van der Waals surface area contributed by atoms with Crippen LogP contribution in [-0.2, 0) is 0 Å². The van der Waals surface area contributed by atoms with Gasteiger partial charge in [-0.3, -0.25) is 0 Å². The molecule has 114 valence electrons. The van der Waals surface area contributed by atoms with E-state index in [0.29, 0.717) is 16.6 Å². The fourth-order valence-electron chi connectivity index (χ4n) is 2.64. The molecule has 2 amide bonds. The predicted molar refractivity (Wildman–Crippen MR) is 90.8 cm³/mol. The molecule has 0 radical (unpaired) electrons. The van der Waals surface area contributed by atoms with Crippen molar-refractivity contribution in [1.29, 1.82) is 0 Å². The number of hydrogen-bond donors (Lipinski definition) is 3. The summed E-state index contributed by atoms with van der Waals surface area (Å²) in [4.78, 5) is 12.0. The van der Waals surface area contributed by atoms with Crippen molar-refractivity contribution >= 4 is 29.0 Å². The van der Waals surface area contributed by atoms with E-state index in [-0.39, 0.29) is 6.03 Å². The lowest BCUT2D eigenvalue weighted by Gasteiger charge is -2.11. The van der Waals surface area contributed by atoms with E-state index in [2.05, 4.69) is 28.1 Å². The number of benzene rings is 2. The lowest BCUT2D eigenvalue weighted by Crippen LogP contribution is -2.19. The number of hydrogen-bond acceptors (Lipinski definition) is 2. The first-order valence-electron chi connectivity index (χ1n) is 7.35. The molecule has 0 unspecified atom stereocenters. The zero-order chi connectivity index (χ0) is 15.4. The summed E-state index contributed by atoms with van der Waals surface area (Å²) in [7, 11) is 0. The van der Waals surface area contributed by atoms with Crippen LogP contribution in [0.25, 0.3) is 0 Å². The first-order valence-corrected chi connectivity index (χ1v) is 7.73. The number of anilines is 2. The van der Waals surface area contributed by atoms with Crippen LogP contribution in [0.3, 0.4) is 0 Å². The van der Waals surface area contributed by atoms with Gasteiger partial charge in [0.25, 0.3) is 0 Å². The fraction of sp³-hybridized carbons (Fsp3) is 0.235.